The van der Waals surface area contributed by atoms with Crippen LogP contribution < -0.4 is 10.6 Å². The number of sulfone groups is 1. The summed E-state index contributed by atoms with van der Waals surface area (Å²) in [5.41, 5.74) is 0.679. The average Bonchev–Trinajstić information content (AvgIpc) is 2.42. The average molecular weight is 234 g/mol. The predicted molar refractivity (Wildman–Crippen MR) is 60.8 cm³/mol. The van der Waals surface area contributed by atoms with Gasteiger partial charge in [-0.05, 0) is 24.7 Å². The van der Waals surface area contributed by atoms with Gasteiger partial charge in [-0.25, -0.2) is 8.42 Å². The molecule has 80 valence electrons. The minimum absolute atomic E-state index is 0.0704. The lowest BCUT2D eigenvalue weighted by atomic mass is 10.4. The first-order valence-corrected chi connectivity index (χ1v) is 6.71. The molecule has 0 saturated heterocycles. The van der Waals surface area contributed by atoms with Crippen molar-refractivity contribution in [2.75, 3.05) is 18.1 Å². The van der Waals surface area contributed by atoms with Crippen LogP contribution >= 0.6 is 12.2 Å². The first-order valence-electron chi connectivity index (χ1n) is 4.48. The summed E-state index contributed by atoms with van der Waals surface area (Å²) in [5, 5.41) is 6.34. The molecule has 0 atom stereocenters. The van der Waals surface area contributed by atoms with Crippen LogP contribution in [0.2, 0.25) is 0 Å². The lowest BCUT2D eigenvalue weighted by Gasteiger charge is -2.09. The smallest absolute Gasteiger partial charge is 0.170 e. The van der Waals surface area contributed by atoms with E-state index in [0.717, 1.165) is 13.0 Å². The number of hydrogen-bond donors (Lipinski definition) is 2. The molecule has 0 amide bonds. The van der Waals surface area contributed by atoms with Gasteiger partial charge in [0.1, 0.15) is 0 Å². The first-order chi connectivity index (χ1) is 6.53. The van der Waals surface area contributed by atoms with Crippen LogP contribution in [0.1, 0.15) is 13.3 Å². The summed E-state index contributed by atoms with van der Waals surface area (Å²) in [7, 11) is -2.90. The molecule has 0 spiro atoms. The fourth-order valence-electron chi connectivity index (χ4n) is 1.10. The van der Waals surface area contributed by atoms with E-state index in [1.54, 1.807) is 6.08 Å². The van der Waals surface area contributed by atoms with Gasteiger partial charge in [0.2, 0.25) is 0 Å². The van der Waals surface area contributed by atoms with E-state index < -0.39 is 9.84 Å². The Morgan fingerprint density at radius 1 is 1.64 bits per heavy atom. The van der Waals surface area contributed by atoms with Crippen LogP contribution in [0, 0.1) is 0 Å². The third-order valence-electron chi connectivity index (χ3n) is 1.77. The Morgan fingerprint density at radius 3 is 2.86 bits per heavy atom. The highest BCUT2D eigenvalue weighted by Gasteiger charge is 2.19. The second-order valence-electron chi connectivity index (χ2n) is 3.16. The summed E-state index contributed by atoms with van der Waals surface area (Å²) in [5.74, 6) is 0.187. The molecule has 0 bridgehead atoms. The summed E-state index contributed by atoms with van der Waals surface area (Å²) in [4.78, 5) is 0. The van der Waals surface area contributed by atoms with E-state index in [9.17, 15) is 8.42 Å². The van der Waals surface area contributed by atoms with Crippen molar-refractivity contribution in [3.63, 3.8) is 0 Å². The zero-order chi connectivity index (χ0) is 10.6. The van der Waals surface area contributed by atoms with Gasteiger partial charge in [0.25, 0.3) is 0 Å². The van der Waals surface area contributed by atoms with E-state index in [1.165, 1.54) is 0 Å². The highest BCUT2D eigenvalue weighted by molar-refractivity contribution is 7.92. The van der Waals surface area contributed by atoms with Crippen molar-refractivity contribution in [1.82, 2.24) is 10.6 Å². The Labute approximate surface area is 89.7 Å². The van der Waals surface area contributed by atoms with E-state index in [2.05, 4.69) is 10.6 Å². The molecule has 1 aliphatic heterocycles. The van der Waals surface area contributed by atoms with Gasteiger partial charge in [-0.2, -0.15) is 0 Å². The zero-order valence-corrected chi connectivity index (χ0v) is 9.67. The fourth-order valence-corrected chi connectivity index (χ4v) is 2.57. The molecular weight excluding hydrogens is 220 g/mol. The van der Waals surface area contributed by atoms with Crippen LogP contribution in [0.4, 0.5) is 0 Å². The van der Waals surface area contributed by atoms with Crippen LogP contribution in [0.5, 0.6) is 0 Å². The molecule has 1 aliphatic rings. The maximum absolute atomic E-state index is 11.1. The number of rotatable bonds is 3. The van der Waals surface area contributed by atoms with E-state index in [0.29, 0.717) is 10.8 Å². The van der Waals surface area contributed by atoms with Gasteiger partial charge in [-0.3, -0.25) is 0 Å². The molecule has 14 heavy (non-hydrogen) atoms. The third-order valence-corrected chi connectivity index (χ3v) is 3.44. The van der Waals surface area contributed by atoms with Gasteiger partial charge in [0.15, 0.2) is 14.9 Å². The highest BCUT2D eigenvalue weighted by Crippen LogP contribution is 2.07. The second-order valence-corrected chi connectivity index (χ2v) is 5.68. The maximum atomic E-state index is 11.1. The lowest BCUT2D eigenvalue weighted by Crippen LogP contribution is -2.35. The Kier molecular flexibility index (Phi) is 3.88. The minimum Gasteiger partial charge on any atom is -0.362 e. The summed E-state index contributed by atoms with van der Waals surface area (Å²) in [6, 6.07) is 0. The summed E-state index contributed by atoms with van der Waals surface area (Å²) >= 11 is 4.97. The lowest BCUT2D eigenvalue weighted by molar-refractivity contribution is 0.602. The topological polar surface area (TPSA) is 58.2 Å². The molecule has 1 rings (SSSR count). The normalized spacial score (nSPS) is 18.8. The van der Waals surface area contributed by atoms with E-state index >= 15 is 0 Å². The van der Waals surface area contributed by atoms with Crippen molar-refractivity contribution >= 4 is 27.2 Å². The maximum Gasteiger partial charge on any atom is 0.170 e. The van der Waals surface area contributed by atoms with Crippen molar-refractivity contribution in [1.29, 1.82) is 0 Å². The van der Waals surface area contributed by atoms with Crippen molar-refractivity contribution in [2.45, 2.75) is 13.3 Å². The highest BCUT2D eigenvalue weighted by atomic mass is 32.2. The molecule has 6 heteroatoms. The van der Waals surface area contributed by atoms with Crippen molar-refractivity contribution in [3.05, 3.63) is 11.8 Å². The Bertz CT molecular complexity index is 346. The van der Waals surface area contributed by atoms with Crippen molar-refractivity contribution in [2.24, 2.45) is 0 Å². The van der Waals surface area contributed by atoms with Crippen LogP contribution in [0.15, 0.2) is 11.8 Å². The second kappa shape index (κ2) is 4.75. The van der Waals surface area contributed by atoms with Crippen LogP contribution in [-0.2, 0) is 9.84 Å². The molecule has 0 aromatic carbocycles. The van der Waals surface area contributed by atoms with Crippen LogP contribution in [0.3, 0.4) is 0 Å². The molecule has 0 fully saturated rings. The van der Waals surface area contributed by atoms with Gasteiger partial charge < -0.3 is 10.6 Å². The predicted octanol–water partition coefficient (Wildman–Crippen LogP) is 0.173. The van der Waals surface area contributed by atoms with E-state index in [-0.39, 0.29) is 11.5 Å². The number of hydrogen-bond acceptors (Lipinski definition) is 3. The molecule has 0 saturated carbocycles. The molecule has 4 nitrogen and oxygen atoms in total. The fraction of sp³-hybridized carbons (Fsp3) is 0.625. The summed E-state index contributed by atoms with van der Waals surface area (Å²) < 4.78 is 22.2. The molecule has 2 N–H and O–H groups in total. The molecule has 0 aliphatic carbocycles. The quantitative estimate of drug-likeness (QED) is 0.682. The van der Waals surface area contributed by atoms with Crippen molar-refractivity contribution < 1.29 is 8.42 Å². The molecule has 0 radical (unpaired) electrons. The van der Waals surface area contributed by atoms with Gasteiger partial charge in [-0.1, -0.05) is 6.92 Å². The SMILES string of the molecule is CCCNC(=S)NC1=CCS(=O)(=O)C1. The largest absolute Gasteiger partial charge is 0.362 e. The third kappa shape index (κ3) is 3.63. The van der Waals surface area contributed by atoms with Gasteiger partial charge in [0, 0.05) is 12.2 Å². The zero-order valence-electron chi connectivity index (χ0n) is 8.04. The number of nitrogens with one attached hydrogen (secondary N) is 2. The summed E-state index contributed by atoms with van der Waals surface area (Å²) in [6.07, 6.45) is 2.65. The van der Waals surface area contributed by atoms with Gasteiger partial charge >= 0.3 is 0 Å². The van der Waals surface area contributed by atoms with Crippen molar-refractivity contribution in [3.8, 4) is 0 Å². The standard InChI is InChI=1S/C8H14N2O2S2/c1-2-4-9-8(13)10-7-3-5-14(11,12)6-7/h3H,2,4-6H2,1H3,(H2,9,10,13). The van der Waals surface area contributed by atoms with Gasteiger partial charge in [0.05, 0.1) is 11.5 Å². The minimum atomic E-state index is -2.90. The monoisotopic (exact) mass is 234 g/mol. The first kappa shape index (κ1) is 11.5. The molecule has 1 heterocycles. The Morgan fingerprint density at radius 2 is 2.36 bits per heavy atom. The van der Waals surface area contributed by atoms with Crippen LogP contribution in [-0.4, -0.2) is 31.6 Å². The van der Waals surface area contributed by atoms with Gasteiger partial charge in [-0.15, -0.1) is 0 Å². The van der Waals surface area contributed by atoms with Crippen LogP contribution in [0.25, 0.3) is 0 Å². The molecular formula is C8H14N2O2S2. The Hall–Kier alpha value is -0.620. The molecule has 0 unspecified atom stereocenters. The number of thiocarbonyl (C=S) groups is 1. The molecule has 0 aromatic heterocycles. The molecule has 0 aromatic rings. The van der Waals surface area contributed by atoms with E-state index in [4.69, 9.17) is 12.2 Å². The van der Waals surface area contributed by atoms with E-state index in [1.807, 2.05) is 6.92 Å². The summed E-state index contributed by atoms with van der Waals surface area (Å²) in [6.45, 7) is 2.83. The Balaban J connectivity index is 2.36.